The Kier molecular flexibility index (Phi) is 6.60. The highest BCUT2D eigenvalue weighted by molar-refractivity contribution is 5.55. The number of hydrogen-bond acceptors (Lipinski definition) is 1. The van der Waals surface area contributed by atoms with E-state index in [0.717, 1.165) is 38.0 Å². The molecular weight excluding hydrogens is 397 g/mol. The fourth-order valence-corrected chi connectivity index (χ4v) is 4.83. The minimum Gasteiger partial charge on any atom is -0.450 e. The van der Waals surface area contributed by atoms with E-state index in [1.807, 2.05) is 13.0 Å². The van der Waals surface area contributed by atoms with Crippen LogP contribution < -0.4 is 4.74 Å². The number of rotatable bonds is 4. The van der Waals surface area contributed by atoms with E-state index >= 15 is 0 Å². The van der Waals surface area contributed by atoms with Crippen LogP contribution in [0.4, 0.5) is 13.2 Å². The van der Waals surface area contributed by atoms with E-state index in [4.69, 9.17) is 4.74 Å². The predicted molar refractivity (Wildman–Crippen MR) is 117 cm³/mol. The molecule has 0 bridgehead atoms. The van der Waals surface area contributed by atoms with Crippen LogP contribution in [-0.4, -0.2) is 0 Å². The van der Waals surface area contributed by atoms with Crippen LogP contribution in [0.1, 0.15) is 81.0 Å². The maximum Gasteiger partial charge on any atom is 0.202 e. The predicted octanol–water partition coefficient (Wildman–Crippen LogP) is 7.71. The fraction of sp³-hybridized carbons (Fsp3) is 0.481. The molecule has 2 aromatic carbocycles. The third kappa shape index (κ3) is 4.47. The van der Waals surface area contributed by atoms with Gasteiger partial charge in [-0.1, -0.05) is 57.1 Å². The largest absolute Gasteiger partial charge is 0.450 e. The van der Waals surface area contributed by atoms with Crippen molar-refractivity contribution in [1.29, 1.82) is 0 Å². The molecule has 164 valence electrons. The molecule has 4 rings (SSSR count). The molecule has 0 aromatic heterocycles. The van der Waals surface area contributed by atoms with Gasteiger partial charge in [-0.05, 0) is 49.7 Å². The van der Waals surface area contributed by atoms with Gasteiger partial charge in [0.05, 0.1) is 5.56 Å². The van der Waals surface area contributed by atoms with Gasteiger partial charge in [0.25, 0.3) is 0 Å². The molecule has 2 aliphatic rings. The summed E-state index contributed by atoms with van der Waals surface area (Å²) in [6, 6.07) is 5.12. The second-order valence-corrected chi connectivity index (χ2v) is 8.87. The first-order valence-electron chi connectivity index (χ1n) is 11.5. The van der Waals surface area contributed by atoms with E-state index in [2.05, 4.69) is 18.8 Å². The van der Waals surface area contributed by atoms with Crippen LogP contribution in [-0.2, 0) is 12.8 Å². The van der Waals surface area contributed by atoms with Crippen LogP contribution in [0.5, 0.6) is 11.5 Å². The molecule has 1 aliphatic heterocycles. The summed E-state index contributed by atoms with van der Waals surface area (Å²) in [5.41, 5.74) is 1.73. The number of aryl methyl sites for hydroxylation is 1. The Labute approximate surface area is 183 Å². The molecule has 1 nitrogen and oxygen atoms in total. The summed E-state index contributed by atoms with van der Waals surface area (Å²) in [6.07, 6.45) is 8.46. The van der Waals surface area contributed by atoms with Crippen molar-refractivity contribution in [3.05, 3.63) is 57.9 Å². The molecular formula is C27H29F3O. The number of halogens is 3. The molecule has 0 saturated heterocycles. The Morgan fingerprint density at radius 1 is 0.903 bits per heavy atom. The lowest BCUT2D eigenvalue weighted by Crippen LogP contribution is -2.13. The van der Waals surface area contributed by atoms with Gasteiger partial charge in [-0.3, -0.25) is 0 Å². The standard InChI is InChI=1S/C27H29F3O/c1-3-5-17-7-9-18(10-8-17)11-12-20-15-22-16-21-14-13-19(6-4-2)24(29)26(21)31-27(22)25(30)23(20)28/h13-15,17-18H,3-10,16H2,1-2H3. The summed E-state index contributed by atoms with van der Waals surface area (Å²) in [5.74, 6) is 4.28. The van der Waals surface area contributed by atoms with Gasteiger partial charge >= 0.3 is 0 Å². The maximum atomic E-state index is 14.8. The van der Waals surface area contributed by atoms with Crippen LogP contribution >= 0.6 is 0 Å². The summed E-state index contributed by atoms with van der Waals surface area (Å²) in [5, 5.41) is 0. The second-order valence-electron chi connectivity index (χ2n) is 8.87. The number of hydrogen-bond donors (Lipinski definition) is 0. The summed E-state index contributed by atoms with van der Waals surface area (Å²) in [7, 11) is 0. The molecule has 1 fully saturated rings. The van der Waals surface area contributed by atoms with E-state index in [0.29, 0.717) is 29.5 Å². The zero-order valence-electron chi connectivity index (χ0n) is 18.3. The zero-order valence-corrected chi connectivity index (χ0v) is 18.3. The summed E-state index contributed by atoms with van der Waals surface area (Å²) in [4.78, 5) is 0. The fourth-order valence-electron chi connectivity index (χ4n) is 4.83. The Bertz CT molecular complexity index is 1020. The van der Waals surface area contributed by atoms with Crippen molar-refractivity contribution in [2.24, 2.45) is 11.8 Å². The van der Waals surface area contributed by atoms with Gasteiger partial charge < -0.3 is 4.74 Å². The summed E-state index contributed by atoms with van der Waals surface area (Å²) in [6.45, 7) is 4.17. The lowest BCUT2D eigenvalue weighted by atomic mass is 9.80. The second kappa shape index (κ2) is 9.39. The third-order valence-corrected chi connectivity index (χ3v) is 6.56. The van der Waals surface area contributed by atoms with Gasteiger partial charge in [0.1, 0.15) is 0 Å². The Balaban J connectivity index is 1.57. The average Bonchev–Trinajstić information content (AvgIpc) is 2.78. The van der Waals surface area contributed by atoms with E-state index in [9.17, 15) is 13.2 Å². The Morgan fingerprint density at radius 2 is 1.65 bits per heavy atom. The summed E-state index contributed by atoms with van der Waals surface area (Å²) < 4.78 is 49.9. The van der Waals surface area contributed by atoms with Gasteiger partial charge in [0, 0.05) is 23.5 Å². The van der Waals surface area contributed by atoms with E-state index in [1.165, 1.54) is 12.8 Å². The van der Waals surface area contributed by atoms with E-state index in [-0.39, 0.29) is 23.0 Å². The van der Waals surface area contributed by atoms with Crippen LogP contribution in [0.2, 0.25) is 0 Å². The van der Waals surface area contributed by atoms with Crippen LogP contribution in [0.25, 0.3) is 0 Å². The third-order valence-electron chi connectivity index (χ3n) is 6.56. The van der Waals surface area contributed by atoms with Crippen molar-refractivity contribution in [3.8, 4) is 23.3 Å². The molecule has 0 radical (unpaired) electrons. The molecule has 1 heterocycles. The smallest absolute Gasteiger partial charge is 0.202 e. The molecule has 1 saturated carbocycles. The Morgan fingerprint density at radius 3 is 2.35 bits per heavy atom. The molecule has 2 aromatic rings. The molecule has 4 heteroatoms. The number of ether oxygens (including phenoxy) is 1. The first-order chi connectivity index (χ1) is 15.0. The van der Waals surface area contributed by atoms with Crippen molar-refractivity contribution >= 4 is 0 Å². The molecule has 0 amide bonds. The topological polar surface area (TPSA) is 9.23 Å². The minimum absolute atomic E-state index is 0.0134. The van der Waals surface area contributed by atoms with E-state index in [1.54, 1.807) is 12.1 Å². The highest BCUT2D eigenvalue weighted by Crippen LogP contribution is 2.42. The molecule has 0 spiro atoms. The van der Waals surface area contributed by atoms with Crippen LogP contribution in [0.15, 0.2) is 18.2 Å². The highest BCUT2D eigenvalue weighted by atomic mass is 19.2. The number of fused-ring (bicyclic) bond motifs is 2. The molecule has 0 unspecified atom stereocenters. The van der Waals surface area contributed by atoms with Crippen molar-refractivity contribution in [1.82, 2.24) is 0 Å². The average molecular weight is 427 g/mol. The maximum absolute atomic E-state index is 14.8. The lowest BCUT2D eigenvalue weighted by molar-refractivity contribution is 0.300. The van der Waals surface area contributed by atoms with Gasteiger partial charge in [0.15, 0.2) is 23.1 Å². The monoisotopic (exact) mass is 426 g/mol. The first-order valence-corrected chi connectivity index (χ1v) is 11.5. The van der Waals surface area contributed by atoms with Gasteiger partial charge in [-0.2, -0.15) is 4.39 Å². The van der Waals surface area contributed by atoms with E-state index < -0.39 is 17.5 Å². The molecule has 0 atom stereocenters. The van der Waals surface area contributed by atoms with Crippen molar-refractivity contribution in [3.63, 3.8) is 0 Å². The van der Waals surface area contributed by atoms with Crippen LogP contribution in [0, 0.1) is 41.1 Å². The van der Waals surface area contributed by atoms with Crippen LogP contribution in [0.3, 0.4) is 0 Å². The zero-order chi connectivity index (χ0) is 22.0. The van der Waals surface area contributed by atoms with Gasteiger partial charge in [-0.25, -0.2) is 8.78 Å². The van der Waals surface area contributed by atoms with Crippen molar-refractivity contribution in [2.75, 3.05) is 0 Å². The number of benzene rings is 2. The molecule has 1 aliphatic carbocycles. The highest BCUT2D eigenvalue weighted by Gasteiger charge is 2.28. The SMILES string of the molecule is CCCc1ccc2c(c1F)Oc1c(cc(C#CC3CCC(CCC)CC3)c(F)c1F)C2. The lowest BCUT2D eigenvalue weighted by Gasteiger charge is -2.25. The summed E-state index contributed by atoms with van der Waals surface area (Å²) >= 11 is 0. The first kappa shape index (κ1) is 21.8. The minimum atomic E-state index is -1.08. The van der Waals surface area contributed by atoms with Gasteiger partial charge in [-0.15, -0.1) is 0 Å². The quantitative estimate of drug-likeness (QED) is 0.388. The molecule has 31 heavy (non-hydrogen) atoms. The van der Waals surface area contributed by atoms with Crippen molar-refractivity contribution < 1.29 is 17.9 Å². The van der Waals surface area contributed by atoms with Gasteiger partial charge in [0.2, 0.25) is 5.82 Å². The normalized spacial score (nSPS) is 19.6. The van der Waals surface area contributed by atoms with Crippen molar-refractivity contribution in [2.45, 2.75) is 71.6 Å². The Hall–Kier alpha value is -2.41. The molecule has 0 N–H and O–H groups in total.